The maximum Gasteiger partial charge on any atom is 0.244 e. The number of hydrogen-bond acceptors (Lipinski definition) is 1. The summed E-state index contributed by atoms with van der Waals surface area (Å²) in [5.74, 6) is 0.322. The molecular formula is C19H29NO. The van der Waals surface area contributed by atoms with Gasteiger partial charge in [-0.25, -0.2) is 0 Å². The van der Waals surface area contributed by atoms with E-state index in [1.807, 2.05) is 0 Å². The van der Waals surface area contributed by atoms with Crippen LogP contribution < -0.4 is 5.73 Å². The Bertz CT molecular complexity index is 436. The molecule has 21 heavy (non-hydrogen) atoms. The van der Waals surface area contributed by atoms with E-state index in [1.54, 1.807) is 0 Å². The van der Waals surface area contributed by atoms with E-state index in [0.29, 0.717) is 5.92 Å². The third-order valence-corrected chi connectivity index (χ3v) is 3.93. The van der Waals surface area contributed by atoms with Crippen molar-refractivity contribution in [3.05, 3.63) is 47.5 Å². The lowest BCUT2D eigenvalue weighted by molar-refractivity contribution is -0.114. The molecule has 0 aliphatic heterocycles. The van der Waals surface area contributed by atoms with Crippen LogP contribution in [0.4, 0.5) is 0 Å². The van der Waals surface area contributed by atoms with Crippen LogP contribution in [0.3, 0.4) is 0 Å². The number of rotatable bonds is 10. The highest BCUT2D eigenvalue weighted by molar-refractivity contribution is 5.91. The van der Waals surface area contributed by atoms with Gasteiger partial charge < -0.3 is 5.73 Å². The van der Waals surface area contributed by atoms with E-state index in [4.69, 9.17) is 5.73 Å². The van der Waals surface area contributed by atoms with Crippen molar-refractivity contribution in [3.8, 4) is 0 Å². The van der Waals surface area contributed by atoms with E-state index in [1.165, 1.54) is 18.4 Å². The summed E-state index contributed by atoms with van der Waals surface area (Å²) in [6.45, 7) is 4.35. The maximum atomic E-state index is 11.4. The fraction of sp³-hybridized carbons (Fsp3) is 0.526. The molecule has 1 rings (SSSR count). The minimum atomic E-state index is -0.254. The summed E-state index contributed by atoms with van der Waals surface area (Å²) in [7, 11) is 0. The smallest absolute Gasteiger partial charge is 0.244 e. The molecule has 0 saturated carbocycles. The van der Waals surface area contributed by atoms with Crippen molar-refractivity contribution >= 4 is 5.91 Å². The third-order valence-electron chi connectivity index (χ3n) is 3.93. The Morgan fingerprint density at radius 1 is 1.14 bits per heavy atom. The minimum Gasteiger partial charge on any atom is -0.366 e. The second-order valence-electron chi connectivity index (χ2n) is 5.67. The summed E-state index contributed by atoms with van der Waals surface area (Å²) >= 11 is 0. The maximum absolute atomic E-state index is 11.4. The fourth-order valence-electron chi connectivity index (χ4n) is 2.70. The van der Waals surface area contributed by atoms with Gasteiger partial charge in [0.1, 0.15) is 0 Å². The van der Waals surface area contributed by atoms with Gasteiger partial charge in [0.25, 0.3) is 0 Å². The second kappa shape index (κ2) is 10.2. The molecule has 1 aromatic carbocycles. The van der Waals surface area contributed by atoms with Crippen molar-refractivity contribution in [2.45, 2.75) is 64.7 Å². The molecule has 2 heteroatoms. The molecule has 0 fully saturated rings. The average Bonchev–Trinajstić information content (AvgIpc) is 2.50. The molecule has 1 unspecified atom stereocenters. The van der Waals surface area contributed by atoms with E-state index < -0.39 is 0 Å². The predicted octanol–water partition coefficient (Wildman–Crippen LogP) is 4.95. The van der Waals surface area contributed by atoms with Crippen LogP contribution in [0.25, 0.3) is 0 Å². The van der Waals surface area contributed by atoms with Crippen LogP contribution in [-0.2, 0) is 4.79 Å². The second-order valence-corrected chi connectivity index (χ2v) is 5.67. The van der Waals surface area contributed by atoms with E-state index in [2.05, 4.69) is 50.3 Å². The molecule has 0 spiro atoms. The molecule has 116 valence electrons. The van der Waals surface area contributed by atoms with E-state index in [0.717, 1.165) is 37.7 Å². The first-order chi connectivity index (χ1) is 10.2. The summed E-state index contributed by atoms with van der Waals surface area (Å²) in [4.78, 5) is 11.4. The Hall–Kier alpha value is -1.57. The fourth-order valence-corrected chi connectivity index (χ4v) is 2.70. The Balaban J connectivity index is 2.61. The number of unbranched alkanes of at least 4 members (excludes halogenated alkanes) is 1. The minimum absolute atomic E-state index is 0.254. The van der Waals surface area contributed by atoms with Crippen LogP contribution in [0.15, 0.2) is 42.0 Å². The van der Waals surface area contributed by atoms with Gasteiger partial charge in [0.05, 0.1) is 0 Å². The number of carbonyl (C=O) groups excluding carboxylic acids is 1. The number of carbonyl (C=O) groups is 1. The zero-order chi connectivity index (χ0) is 15.5. The molecular weight excluding hydrogens is 258 g/mol. The molecule has 2 N–H and O–H groups in total. The molecule has 2 nitrogen and oxygen atoms in total. The van der Waals surface area contributed by atoms with Crippen molar-refractivity contribution < 1.29 is 4.79 Å². The molecule has 0 bridgehead atoms. The van der Waals surface area contributed by atoms with Gasteiger partial charge in [-0.2, -0.15) is 0 Å². The van der Waals surface area contributed by atoms with E-state index in [-0.39, 0.29) is 5.91 Å². The van der Waals surface area contributed by atoms with Crippen LogP contribution in [0.2, 0.25) is 0 Å². The molecule has 0 aliphatic rings. The summed E-state index contributed by atoms with van der Waals surface area (Å²) in [6, 6.07) is 10.7. The third kappa shape index (κ3) is 6.61. The first-order valence-corrected chi connectivity index (χ1v) is 8.22. The van der Waals surface area contributed by atoms with Gasteiger partial charge >= 0.3 is 0 Å². The predicted molar refractivity (Wildman–Crippen MR) is 90.1 cm³/mol. The van der Waals surface area contributed by atoms with Gasteiger partial charge in [-0.1, -0.05) is 63.1 Å². The summed E-state index contributed by atoms with van der Waals surface area (Å²) in [5, 5.41) is 0. The SMILES string of the molecule is CCCCC(=CCCC(CCC)c1ccccc1)C(N)=O. The highest BCUT2D eigenvalue weighted by atomic mass is 16.1. The molecule has 0 heterocycles. The van der Waals surface area contributed by atoms with Crippen LogP contribution >= 0.6 is 0 Å². The van der Waals surface area contributed by atoms with Crippen LogP contribution in [0.1, 0.15) is 70.3 Å². The van der Waals surface area contributed by atoms with Crippen LogP contribution in [-0.4, -0.2) is 5.91 Å². The van der Waals surface area contributed by atoms with Crippen LogP contribution in [0, 0.1) is 0 Å². The van der Waals surface area contributed by atoms with Crippen molar-refractivity contribution in [1.82, 2.24) is 0 Å². The number of amides is 1. The lowest BCUT2D eigenvalue weighted by Crippen LogP contribution is -2.14. The van der Waals surface area contributed by atoms with Gasteiger partial charge in [0.2, 0.25) is 5.91 Å². The Labute approximate surface area is 129 Å². The lowest BCUT2D eigenvalue weighted by Gasteiger charge is -2.16. The monoisotopic (exact) mass is 287 g/mol. The summed E-state index contributed by atoms with van der Waals surface area (Å²) in [6.07, 6.45) is 9.39. The number of hydrogen-bond donors (Lipinski definition) is 1. The van der Waals surface area contributed by atoms with Gasteiger partial charge in [0, 0.05) is 5.57 Å². The largest absolute Gasteiger partial charge is 0.366 e. The molecule has 0 aliphatic carbocycles. The molecule has 1 atom stereocenters. The number of benzene rings is 1. The normalized spacial score (nSPS) is 13.1. The van der Waals surface area contributed by atoms with Gasteiger partial charge in [-0.05, 0) is 43.6 Å². The van der Waals surface area contributed by atoms with Gasteiger partial charge in [0.15, 0.2) is 0 Å². The van der Waals surface area contributed by atoms with Gasteiger partial charge in [-0.3, -0.25) is 4.79 Å². The van der Waals surface area contributed by atoms with Crippen LogP contribution in [0.5, 0.6) is 0 Å². The first kappa shape index (κ1) is 17.5. The van der Waals surface area contributed by atoms with Crippen molar-refractivity contribution in [2.24, 2.45) is 5.73 Å². The highest BCUT2D eigenvalue weighted by Gasteiger charge is 2.10. The molecule has 1 aromatic rings. The van der Waals surface area contributed by atoms with Crippen molar-refractivity contribution in [1.29, 1.82) is 0 Å². The first-order valence-electron chi connectivity index (χ1n) is 8.22. The number of allylic oxidation sites excluding steroid dienone is 1. The zero-order valence-electron chi connectivity index (χ0n) is 13.5. The van der Waals surface area contributed by atoms with Crippen molar-refractivity contribution in [2.75, 3.05) is 0 Å². The zero-order valence-corrected chi connectivity index (χ0v) is 13.5. The summed E-state index contributed by atoms with van der Waals surface area (Å²) in [5.41, 5.74) is 7.67. The quantitative estimate of drug-likeness (QED) is 0.608. The highest BCUT2D eigenvalue weighted by Crippen LogP contribution is 2.26. The van der Waals surface area contributed by atoms with E-state index in [9.17, 15) is 4.79 Å². The Morgan fingerprint density at radius 3 is 2.43 bits per heavy atom. The summed E-state index contributed by atoms with van der Waals surface area (Å²) < 4.78 is 0. The topological polar surface area (TPSA) is 43.1 Å². The van der Waals surface area contributed by atoms with Gasteiger partial charge in [-0.15, -0.1) is 0 Å². The number of primary amides is 1. The Morgan fingerprint density at radius 2 is 1.86 bits per heavy atom. The standard InChI is InChI=1S/C19H29NO/c1-3-5-11-18(19(20)21)15-9-14-16(10-4-2)17-12-7-6-8-13-17/h6-8,12-13,15-16H,3-5,9-11,14H2,1-2H3,(H2,20,21). The number of nitrogens with two attached hydrogens (primary N) is 1. The van der Waals surface area contributed by atoms with Crippen molar-refractivity contribution in [3.63, 3.8) is 0 Å². The molecule has 0 saturated heterocycles. The lowest BCUT2D eigenvalue weighted by atomic mass is 9.90. The Kier molecular flexibility index (Phi) is 8.49. The molecule has 0 radical (unpaired) electrons. The molecule has 0 aromatic heterocycles. The molecule has 1 amide bonds. The van der Waals surface area contributed by atoms with E-state index >= 15 is 0 Å². The average molecular weight is 287 g/mol.